The molecule has 1 fully saturated rings. The third-order valence-electron chi connectivity index (χ3n) is 4.35. The Morgan fingerprint density at radius 2 is 2.16 bits per heavy atom. The van der Waals surface area contributed by atoms with Crippen molar-refractivity contribution in [3.8, 4) is 0 Å². The summed E-state index contributed by atoms with van der Waals surface area (Å²) in [5.41, 5.74) is 2.53. The average Bonchev–Trinajstić information content (AvgIpc) is 2.97. The molecule has 2 aromatic rings. The summed E-state index contributed by atoms with van der Waals surface area (Å²) in [4.78, 5) is 0. The van der Waals surface area contributed by atoms with E-state index in [4.69, 9.17) is 5.10 Å². The highest BCUT2D eigenvalue weighted by Crippen LogP contribution is 2.30. The van der Waals surface area contributed by atoms with Crippen molar-refractivity contribution in [3.05, 3.63) is 30.0 Å². The van der Waals surface area contributed by atoms with Gasteiger partial charge in [-0.1, -0.05) is 25.1 Å². The Labute approximate surface area is 115 Å². The number of hydrogen-bond acceptors (Lipinski definition) is 2. The van der Waals surface area contributed by atoms with Crippen LogP contribution in [-0.2, 0) is 13.5 Å². The predicted molar refractivity (Wildman–Crippen MR) is 79.2 cm³/mol. The van der Waals surface area contributed by atoms with Gasteiger partial charge in [0.15, 0.2) is 0 Å². The molecule has 0 bridgehead atoms. The van der Waals surface area contributed by atoms with E-state index in [-0.39, 0.29) is 0 Å². The van der Waals surface area contributed by atoms with E-state index in [1.165, 1.54) is 35.9 Å². The molecule has 102 valence electrons. The summed E-state index contributed by atoms with van der Waals surface area (Å²) in [6, 6.07) is 9.29. The monoisotopic (exact) mass is 257 g/mol. The molecule has 1 aromatic carbocycles. The van der Waals surface area contributed by atoms with Crippen molar-refractivity contribution in [2.75, 3.05) is 6.54 Å². The van der Waals surface area contributed by atoms with Gasteiger partial charge in [-0.05, 0) is 44.2 Å². The van der Waals surface area contributed by atoms with E-state index in [0.717, 1.165) is 24.9 Å². The molecule has 0 radical (unpaired) electrons. The average molecular weight is 257 g/mol. The van der Waals surface area contributed by atoms with E-state index < -0.39 is 0 Å². The fraction of sp³-hybridized carbons (Fsp3) is 0.562. The van der Waals surface area contributed by atoms with Crippen LogP contribution in [0.15, 0.2) is 24.3 Å². The van der Waals surface area contributed by atoms with Gasteiger partial charge in [-0.15, -0.1) is 0 Å². The Balaban J connectivity index is 1.76. The molecule has 3 rings (SSSR count). The first kappa shape index (κ1) is 12.7. The van der Waals surface area contributed by atoms with Crippen molar-refractivity contribution >= 4 is 10.9 Å². The predicted octanol–water partition coefficient (Wildman–Crippen LogP) is 2.89. The number of para-hydroxylation sites is 1. The SMILES string of the molecule is CCNC1CCC(Cc2nn(C)c3ccccc23)C1. The maximum absolute atomic E-state index is 4.72. The van der Waals surface area contributed by atoms with Crippen molar-refractivity contribution in [1.29, 1.82) is 0 Å². The fourth-order valence-electron chi connectivity index (χ4n) is 3.45. The molecule has 1 aromatic heterocycles. The second-order valence-corrected chi connectivity index (χ2v) is 5.73. The van der Waals surface area contributed by atoms with E-state index in [0.29, 0.717) is 0 Å². The fourth-order valence-corrected chi connectivity index (χ4v) is 3.45. The zero-order valence-electron chi connectivity index (χ0n) is 11.9. The van der Waals surface area contributed by atoms with Crippen LogP contribution in [0.4, 0.5) is 0 Å². The largest absolute Gasteiger partial charge is 0.314 e. The molecule has 2 atom stereocenters. The summed E-state index contributed by atoms with van der Waals surface area (Å²) < 4.78 is 2.02. The molecule has 1 aliphatic rings. The quantitative estimate of drug-likeness (QED) is 0.912. The minimum atomic E-state index is 0.727. The number of benzene rings is 1. The summed E-state index contributed by atoms with van der Waals surface area (Å²) >= 11 is 0. The summed E-state index contributed by atoms with van der Waals surface area (Å²) in [6.45, 7) is 3.28. The number of aromatic nitrogens is 2. The Bertz CT molecular complexity index is 558. The van der Waals surface area contributed by atoms with E-state index in [1.807, 2.05) is 11.7 Å². The van der Waals surface area contributed by atoms with Gasteiger partial charge in [-0.2, -0.15) is 5.10 Å². The van der Waals surface area contributed by atoms with Gasteiger partial charge in [0, 0.05) is 18.5 Å². The first-order valence-corrected chi connectivity index (χ1v) is 7.42. The molecule has 0 amide bonds. The molecule has 1 aliphatic carbocycles. The molecule has 1 heterocycles. The Morgan fingerprint density at radius 1 is 1.32 bits per heavy atom. The third kappa shape index (κ3) is 2.52. The van der Waals surface area contributed by atoms with Crippen LogP contribution in [0.25, 0.3) is 10.9 Å². The second-order valence-electron chi connectivity index (χ2n) is 5.73. The highest BCUT2D eigenvalue weighted by Gasteiger charge is 2.25. The maximum atomic E-state index is 4.72. The van der Waals surface area contributed by atoms with Crippen molar-refractivity contribution in [2.45, 2.75) is 38.6 Å². The highest BCUT2D eigenvalue weighted by atomic mass is 15.3. The van der Waals surface area contributed by atoms with Gasteiger partial charge >= 0.3 is 0 Å². The summed E-state index contributed by atoms with van der Waals surface area (Å²) in [7, 11) is 2.04. The van der Waals surface area contributed by atoms with Crippen LogP contribution in [0.2, 0.25) is 0 Å². The van der Waals surface area contributed by atoms with Gasteiger partial charge in [-0.25, -0.2) is 0 Å². The van der Waals surface area contributed by atoms with Crippen LogP contribution in [0, 0.1) is 5.92 Å². The Morgan fingerprint density at radius 3 is 3.00 bits per heavy atom. The van der Waals surface area contributed by atoms with Gasteiger partial charge in [0.1, 0.15) is 0 Å². The van der Waals surface area contributed by atoms with Crippen molar-refractivity contribution in [1.82, 2.24) is 15.1 Å². The van der Waals surface area contributed by atoms with Crippen LogP contribution in [0.1, 0.15) is 31.9 Å². The number of hydrogen-bond donors (Lipinski definition) is 1. The topological polar surface area (TPSA) is 29.9 Å². The lowest BCUT2D eigenvalue weighted by atomic mass is 9.99. The molecular formula is C16H23N3. The first-order valence-electron chi connectivity index (χ1n) is 7.42. The number of fused-ring (bicyclic) bond motifs is 1. The summed E-state index contributed by atoms with van der Waals surface area (Å²) in [6.07, 6.45) is 5.09. The van der Waals surface area contributed by atoms with Gasteiger partial charge in [0.2, 0.25) is 0 Å². The van der Waals surface area contributed by atoms with Crippen LogP contribution in [0.3, 0.4) is 0 Å². The van der Waals surface area contributed by atoms with Crippen molar-refractivity contribution in [2.24, 2.45) is 13.0 Å². The molecule has 2 unspecified atom stereocenters. The molecule has 3 heteroatoms. The number of rotatable bonds is 4. The second kappa shape index (κ2) is 5.33. The van der Waals surface area contributed by atoms with Gasteiger partial charge < -0.3 is 5.32 Å². The molecule has 0 spiro atoms. The molecule has 0 aliphatic heterocycles. The molecule has 1 N–H and O–H groups in total. The smallest absolute Gasteiger partial charge is 0.0706 e. The Hall–Kier alpha value is -1.35. The molecule has 1 saturated carbocycles. The molecule has 19 heavy (non-hydrogen) atoms. The summed E-state index contributed by atoms with van der Waals surface area (Å²) in [5, 5.41) is 9.63. The third-order valence-corrected chi connectivity index (χ3v) is 4.35. The van der Waals surface area contributed by atoms with E-state index in [9.17, 15) is 0 Å². The van der Waals surface area contributed by atoms with Gasteiger partial charge in [0.05, 0.1) is 11.2 Å². The van der Waals surface area contributed by atoms with Crippen LogP contribution in [0.5, 0.6) is 0 Å². The summed E-state index contributed by atoms with van der Waals surface area (Å²) in [5.74, 6) is 0.794. The van der Waals surface area contributed by atoms with Crippen LogP contribution >= 0.6 is 0 Å². The van der Waals surface area contributed by atoms with Crippen molar-refractivity contribution < 1.29 is 0 Å². The lowest BCUT2D eigenvalue weighted by molar-refractivity contribution is 0.489. The van der Waals surface area contributed by atoms with E-state index in [2.05, 4.69) is 36.5 Å². The number of aryl methyl sites for hydroxylation is 1. The molecular weight excluding hydrogens is 234 g/mol. The lowest BCUT2D eigenvalue weighted by Crippen LogP contribution is -2.25. The molecule has 0 saturated heterocycles. The minimum absolute atomic E-state index is 0.727. The van der Waals surface area contributed by atoms with Crippen LogP contribution in [-0.4, -0.2) is 22.4 Å². The van der Waals surface area contributed by atoms with E-state index >= 15 is 0 Å². The zero-order chi connectivity index (χ0) is 13.2. The van der Waals surface area contributed by atoms with Gasteiger partial charge in [0.25, 0.3) is 0 Å². The van der Waals surface area contributed by atoms with Crippen LogP contribution < -0.4 is 5.32 Å². The normalized spacial score (nSPS) is 23.3. The minimum Gasteiger partial charge on any atom is -0.314 e. The number of nitrogens with one attached hydrogen (secondary N) is 1. The lowest BCUT2D eigenvalue weighted by Gasteiger charge is -2.11. The number of nitrogens with zero attached hydrogens (tertiary/aromatic N) is 2. The van der Waals surface area contributed by atoms with Gasteiger partial charge in [-0.3, -0.25) is 4.68 Å². The standard InChI is InChI=1S/C16H23N3/c1-3-17-13-9-8-12(10-13)11-15-14-6-4-5-7-16(14)19(2)18-15/h4-7,12-13,17H,3,8-11H2,1-2H3. The van der Waals surface area contributed by atoms with E-state index in [1.54, 1.807) is 0 Å². The first-order chi connectivity index (χ1) is 9.28. The highest BCUT2D eigenvalue weighted by molar-refractivity contribution is 5.81. The Kier molecular flexibility index (Phi) is 3.56. The van der Waals surface area contributed by atoms with Crippen molar-refractivity contribution in [3.63, 3.8) is 0 Å². The zero-order valence-corrected chi connectivity index (χ0v) is 11.9. The molecule has 3 nitrogen and oxygen atoms in total. The maximum Gasteiger partial charge on any atom is 0.0706 e.